The summed E-state index contributed by atoms with van der Waals surface area (Å²) >= 11 is 0. The van der Waals surface area contributed by atoms with E-state index in [2.05, 4.69) is 9.97 Å². The summed E-state index contributed by atoms with van der Waals surface area (Å²) in [4.78, 5) is 20.0. The van der Waals surface area contributed by atoms with E-state index in [1.807, 2.05) is 30.3 Å². The summed E-state index contributed by atoms with van der Waals surface area (Å²) in [6, 6.07) is 14.8. The number of rotatable bonds is 2. The van der Waals surface area contributed by atoms with Gasteiger partial charge in [0.2, 0.25) is 5.91 Å². The second-order valence-electron chi connectivity index (χ2n) is 4.19. The monoisotopic (exact) mass is 249 g/mol. The predicted molar refractivity (Wildman–Crippen MR) is 73.5 cm³/mol. The third-order valence-corrected chi connectivity index (χ3v) is 2.90. The van der Waals surface area contributed by atoms with Crippen LogP contribution in [0.4, 0.5) is 0 Å². The zero-order chi connectivity index (χ0) is 13.2. The predicted octanol–water partition coefficient (Wildman–Crippen LogP) is 2.40. The van der Waals surface area contributed by atoms with Gasteiger partial charge in [-0.15, -0.1) is 0 Å². The molecule has 1 heterocycles. The van der Waals surface area contributed by atoms with Crippen molar-refractivity contribution >= 4 is 16.9 Å². The van der Waals surface area contributed by atoms with E-state index >= 15 is 0 Å². The fraction of sp³-hybridized carbons (Fsp3) is 0. The van der Waals surface area contributed by atoms with Gasteiger partial charge < -0.3 is 5.73 Å². The van der Waals surface area contributed by atoms with Crippen molar-refractivity contribution in [2.75, 3.05) is 0 Å². The van der Waals surface area contributed by atoms with Crippen LogP contribution < -0.4 is 5.73 Å². The summed E-state index contributed by atoms with van der Waals surface area (Å²) in [6.45, 7) is 0. The van der Waals surface area contributed by atoms with Crippen LogP contribution in [0.1, 0.15) is 10.4 Å². The second-order valence-corrected chi connectivity index (χ2v) is 4.19. The summed E-state index contributed by atoms with van der Waals surface area (Å²) in [5, 5.41) is 0. The molecule has 3 aromatic rings. The van der Waals surface area contributed by atoms with Crippen LogP contribution in [0.2, 0.25) is 0 Å². The molecule has 19 heavy (non-hydrogen) atoms. The Bertz CT molecular complexity index is 754. The topological polar surface area (TPSA) is 68.9 Å². The Morgan fingerprint density at radius 2 is 1.79 bits per heavy atom. The molecule has 92 valence electrons. The van der Waals surface area contributed by atoms with Crippen molar-refractivity contribution < 1.29 is 4.79 Å². The molecule has 0 radical (unpaired) electrons. The van der Waals surface area contributed by atoms with E-state index in [4.69, 9.17) is 5.73 Å². The Kier molecular flexibility index (Phi) is 2.68. The molecule has 4 nitrogen and oxygen atoms in total. The highest BCUT2D eigenvalue weighted by Gasteiger charge is 2.05. The number of hydrogen-bond acceptors (Lipinski definition) is 3. The SMILES string of the molecule is NC(=O)c1ccc2ncc(-c3ccccc3)nc2c1. The molecular formula is C15H11N3O. The summed E-state index contributed by atoms with van der Waals surface area (Å²) < 4.78 is 0. The first kappa shape index (κ1) is 11.3. The van der Waals surface area contributed by atoms with Crippen LogP contribution in [0.25, 0.3) is 22.3 Å². The lowest BCUT2D eigenvalue weighted by Crippen LogP contribution is -2.10. The van der Waals surface area contributed by atoms with Gasteiger partial charge in [0.1, 0.15) is 0 Å². The third-order valence-electron chi connectivity index (χ3n) is 2.90. The minimum absolute atomic E-state index is 0.437. The molecular weight excluding hydrogens is 238 g/mol. The minimum Gasteiger partial charge on any atom is -0.366 e. The Morgan fingerprint density at radius 1 is 1.00 bits per heavy atom. The number of fused-ring (bicyclic) bond motifs is 1. The first-order valence-corrected chi connectivity index (χ1v) is 5.86. The molecule has 0 spiro atoms. The van der Waals surface area contributed by atoms with Gasteiger partial charge in [0.05, 0.1) is 22.9 Å². The van der Waals surface area contributed by atoms with Crippen LogP contribution in [0.3, 0.4) is 0 Å². The highest BCUT2D eigenvalue weighted by molar-refractivity contribution is 5.96. The molecule has 1 amide bonds. The fourth-order valence-electron chi connectivity index (χ4n) is 1.91. The standard InChI is InChI=1S/C15H11N3O/c16-15(19)11-6-7-12-13(8-11)18-14(9-17-12)10-4-2-1-3-5-10/h1-9H,(H2,16,19). The quantitative estimate of drug-likeness (QED) is 0.758. The molecule has 4 heteroatoms. The highest BCUT2D eigenvalue weighted by Crippen LogP contribution is 2.19. The molecule has 0 aliphatic heterocycles. The lowest BCUT2D eigenvalue weighted by molar-refractivity contribution is 0.100. The fourth-order valence-corrected chi connectivity index (χ4v) is 1.91. The number of aromatic nitrogens is 2. The molecule has 2 aromatic carbocycles. The van der Waals surface area contributed by atoms with Gasteiger partial charge in [0.15, 0.2) is 0 Å². The van der Waals surface area contributed by atoms with Crippen LogP contribution in [-0.2, 0) is 0 Å². The molecule has 0 unspecified atom stereocenters. The maximum absolute atomic E-state index is 11.2. The first-order valence-electron chi connectivity index (χ1n) is 5.86. The van der Waals surface area contributed by atoms with Gasteiger partial charge in [-0.3, -0.25) is 9.78 Å². The number of nitrogens with zero attached hydrogens (tertiary/aromatic N) is 2. The second kappa shape index (κ2) is 4.49. The number of amides is 1. The molecule has 0 saturated carbocycles. The van der Waals surface area contributed by atoms with E-state index in [0.717, 1.165) is 16.8 Å². The minimum atomic E-state index is -0.464. The lowest BCUT2D eigenvalue weighted by atomic mass is 10.1. The van der Waals surface area contributed by atoms with Crippen molar-refractivity contribution in [3.63, 3.8) is 0 Å². The third kappa shape index (κ3) is 2.15. The molecule has 0 saturated heterocycles. The van der Waals surface area contributed by atoms with Crippen molar-refractivity contribution in [1.82, 2.24) is 9.97 Å². The Morgan fingerprint density at radius 3 is 2.53 bits per heavy atom. The van der Waals surface area contributed by atoms with E-state index < -0.39 is 5.91 Å². The van der Waals surface area contributed by atoms with E-state index in [9.17, 15) is 4.79 Å². The van der Waals surface area contributed by atoms with E-state index in [1.165, 1.54) is 0 Å². The smallest absolute Gasteiger partial charge is 0.248 e. The van der Waals surface area contributed by atoms with Crippen molar-refractivity contribution in [3.8, 4) is 11.3 Å². The Hall–Kier alpha value is -2.75. The average molecular weight is 249 g/mol. The average Bonchev–Trinajstić information content (AvgIpc) is 2.47. The Balaban J connectivity index is 2.16. The molecule has 0 atom stereocenters. The summed E-state index contributed by atoms with van der Waals surface area (Å²) in [5.74, 6) is -0.464. The summed E-state index contributed by atoms with van der Waals surface area (Å²) in [5.41, 5.74) is 8.87. The van der Waals surface area contributed by atoms with E-state index in [0.29, 0.717) is 11.1 Å². The highest BCUT2D eigenvalue weighted by atomic mass is 16.1. The van der Waals surface area contributed by atoms with Crippen molar-refractivity contribution in [2.45, 2.75) is 0 Å². The van der Waals surface area contributed by atoms with Gasteiger partial charge in [0, 0.05) is 11.1 Å². The molecule has 3 rings (SSSR count). The molecule has 2 N–H and O–H groups in total. The number of carbonyl (C=O) groups is 1. The maximum atomic E-state index is 11.2. The van der Waals surface area contributed by atoms with Crippen LogP contribution >= 0.6 is 0 Å². The Labute approximate surface area is 109 Å². The number of carbonyl (C=O) groups excluding carboxylic acids is 1. The molecule has 0 fully saturated rings. The number of hydrogen-bond donors (Lipinski definition) is 1. The molecule has 0 aliphatic carbocycles. The van der Waals surface area contributed by atoms with Gasteiger partial charge in [-0.1, -0.05) is 30.3 Å². The molecule has 0 aliphatic rings. The first-order chi connectivity index (χ1) is 9.24. The summed E-state index contributed by atoms with van der Waals surface area (Å²) in [7, 11) is 0. The summed E-state index contributed by atoms with van der Waals surface area (Å²) in [6.07, 6.45) is 1.72. The van der Waals surface area contributed by atoms with E-state index in [-0.39, 0.29) is 0 Å². The normalized spacial score (nSPS) is 10.5. The van der Waals surface area contributed by atoms with Crippen LogP contribution in [0.15, 0.2) is 54.7 Å². The van der Waals surface area contributed by atoms with Gasteiger partial charge in [-0.2, -0.15) is 0 Å². The number of benzene rings is 2. The van der Waals surface area contributed by atoms with Crippen molar-refractivity contribution in [2.24, 2.45) is 5.73 Å². The van der Waals surface area contributed by atoms with Gasteiger partial charge in [-0.05, 0) is 18.2 Å². The van der Waals surface area contributed by atoms with Crippen LogP contribution in [0, 0.1) is 0 Å². The molecule has 0 bridgehead atoms. The van der Waals surface area contributed by atoms with Gasteiger partial charge >= 0.3 is 0 Å². The zero-order valence-corrected chi connectivity index (χ0v) is 10.1. The molecule has 1 aromatic heterocycles. The largest absolute Gasteiger partial charge is 0.366 e. The number of nitrogens with two attached hydrogens (primary N) is 1. The number of primary amides is 1. The van der Waals surface area contributed by atoms with Crippen molar-refractivity contribution in [1.29, 1.82) is 0 Å². The van der Waals surface area contributed by atoms with Gasteiger partial charge in [-0.25, -0.2) is 4.98 Å². The van der Waals surface area contributed by atoms with Gasteiger partial charge in [0.25, 0.3) is 0 Å². The zero-order valence-electron chi connectivity index (χ0n) is 10.1. The van der Waals surface area contributed by atoms with Crippen molar-refractivity contribution in [3.05, 3.63) is 60.3 Å². The maximum Gasteiger partial charge on any atom is 0.248 e. The lowest BCUT2D eigenvalue weighted by Gasteiger charge is -2.03. The van der Waals surface area contributed by atoms with E-state index in [1.54, 1.807) is 24.4 Å². The van der Waals surface area contributed by atoms with Crippen LogP contribution in [-0.4, -0.2) is 15.9 Å². The van der Waals surface area contributed by atoms with Crippen LogP contribution in [0.5, 0.6) is 0 Å².